The van der Waals surface area contributed by atoms with Crippen molar-refractivity contribution in [3.8, 4) is 0 Å². The summed E-state index contributed by atoms with van der Waals surface area (Å²) in [6.45, 7) is 7.75. The van der Waals surface area contributed by atoms with E-state index in [9.17, 15) is 4.79 Å². The van der Waals surface area contributed by atoms with Crippen molar-refractivity contribution >= 4 is 11.8 Å². The normalized spacial score (nSPS) is 29.7. The van der Waals surface area contributed by atoms with Gasteiger partial charge in [0.2, 0.25) is 0 Å². The molecule has 1 aliphatic carbocycles. The lowest BCUT2D eigenvalue weighted by Crippen LogP contribution is -2.57. The van der Waals surface area contributed by atoms with Gasteiger partial charge in [-0.15, -0.1) is 0 Å². The van der Waals surface area contributed by atoms with Gasteiger partial charge in [0.15, 0.2) is 0 Å². The molecular weight excluding hydrogens is 386 g/mol. The molecule has 0 unspecified atom stereocenters. The van der Waals surface area contributed by atoms with Crippen LogP contribution in [0.4, 0.5) is 10.5 Å². The van der Waals surface area contributed by atoms with Crippen molar-refractivity contribution in [2.75, 3.05) is 18.5 Å². The third-order valence-electron chi connectivity index (χ3n) is 7.41. The zero-order chi connectivity index (χ0) is 21.8. The van der Waals surface area contributed by atoms with Crippen LogP contribution in [0.2, 0.25) is 0 Å². The molecule has 1 aliphatic heterocycles. The number of carbonyl (C=O) groups is 1. The summed E-state index contributed by atoms with van der Waals surface area (Å²) in [4.78, 5) is 12.4. The summed E-state index contributed by atoms with van der Waals surface area (Å²) >= 11 is 0. The van der Waals surface area contributed by atoms with Crippen molar-refractivity contribution in [3.63, 3.8) is 0 Å². The summed E-state index contributed by atoms with van der Waals surface area (Å²) in [6.07, 6.45) is 4.19. The van der Waals surface area contributed by atoms with Gasteiger partial charge < -0.3 is 9.47 Å². The van der Waals surface area contributed by atoms with Crippen molar-refractivity contribution in [2.24, 2.45) is 23.2 Å². The lowest BCUT2D eigenvalue weighted by molar-refractivity contribution is -0.164. The molecule has 5 atom stereocenters. The molecule has 4 heteroatoms. The van der Waals surface area contributed by atoms with Crippen LogP contribution in [-0.2, 0) is 15.9 Å². The average molecular weight is 420 g/mol. The van der Waals surface area contributed by atoms with Crippen LogP contribution in [0.5, 0.6) is 0 Å². The summed E-state index contributed by atoms with van der Waals surface area (Å²) in [5.74, 6) is 1.03. The first kappa shape index (κ1) is 21.6. The summed E-state index contributed by atoms with van der Waals surface area (Å²) in [7, 11) is 0. The minimum absolute atomic E-state index is 0.193. The van der Waals surface area contributed by atoms with E-state index in [1.165, 1.54) is 11.1 Å². The van der Waals surface area contributed by atoms with Gasteiger partial charge in [0.25, 0.3) is 0 Å². The number of hydrogen-bond donors (Lipinski definition) is 1. The minimum Gasteiger partial charge on any atom is -0.449 e. The maximum atomic E-state index is 12.4. The third-order valence-corrected chi connectivity index (χ3v) is 7.41. The van der Waals surface area contributed by atoms with Crippen molar-refractivity contribution in [1.82, 2.24) is 0 Å². The van der Waals surface area contributed by atoms with Gasteiger partial charge in [-0.3, -0.25) is 5.32 Å². The number of nitrogens with one attached hydrogen (secondary N) is 1. The predicted octanol–water partition coefficient (Wildman–Crippen LogP) is 6.10. The van der Waals surface area contributed by atoms with Gasteiger partial charge >= 0.3 is 6.09 Å². The first-order valence-corrected chi connectivity index (χ1v) is 11.3. The number of fused-ring (bicyclic) bond motifs is 2. The zero-order valence-electron chi connectivity index (χ0n) is 18.7. The topological polar surface area (TPSA) is 47.6 Å². The Balaban J connectivity index is 1.43. The summed E-state index contributed by atoms with van der Waals surface area (Å²) in [6, 6.07) is 20.0. The molecule has 2 aromatic carbocycles. The second-order valence-electron chi connectivity index (χ2n) is 9.19. The molecule has 0 saturated carbocycles. The molecular formula is C27H33NO3. The van der Waals surface area contributed by atoms with E-state index in [2.05, 4.69) is 62.5 Å². The van der Waals surface area contributed by atoms with Crippen LogP contribution in [0.15, 0.2) is 72.3 Å². The highest BCUT2D eigenvalue weighted by atomic mass is 16.6. The first-order valence-electron chi connectivity index (χ1n) is 11.3. The Morgan fingerprint density at radius 1 is 1.10 bits per heavy atom. The van der Waals surface area contributed by atoms with E-state index in [1.807, 2.05) is 30.3 Å². The van der Waals surface area contributed by atoms with Crippen molar-refractivity contribution < 1.29 is 14.3 Å². The molecule has 1 amide bonds. The molecule has 0 radical (unpaired) electrons. The fraction of sp³-hybridized carbons (Fsp3) is 0.444. The molecule has 4 rings (SSSR count). The van der Waals surface area contributed by atoms with Gasteiger partial charge in [-0.1, -0.05) is 74.0 Å². The molecule has 164 valence electrons. The Labute approximate surface area is 185 Å². The number of anilines is 1. The number of amides is 1. The molecule has 4 nitrogen and oxygen atoms in total. The highest BCUT2D eigenvalue weighted by Crippen LogP contribution is 2.53. The lowest BCUT2D eigenvalue weighted by atomic mass is 9.56. The van der Waals surface area contributed by atoms with Crippen LogP contribution < -0.4 is 5.32 Å². The SMILES string of the molecule is CC1=C[C@H](C)[C@]2(COC(=O)Nc3ccccc3)CO[C@@H](CCc3ccccc3)[C@@H]1[C@H]2C. The van der Waals surface area contributed by atoms with Crippen LogP contribution >= 0.6 is 0 Å². The molecule has 1 saturated heterocycles. The average Bonchev–Trinajstić information content (AvgIpc) is 2.77. The van der Waals surface area contributed by atoms with Gasteiger partial charge in [0.05, 0.1) is 12.7 Å². The molecule has 1 heterocycles. The number of hydrogen-bond acceptors (Lipinski definition) is 3. The lowest BCUT2D eigenvalue weighted by Gasteiger charge is -2.55. The van der Waals surface area contributed by atoms with Gasteiger partial charge in [-0.05, 0) is 49.3 Å². The second-order valence-corrected chi connectivity index (χ2v) is 9.19. The van der Waals surface area contributed by atoms with Crippen LogP contribution in [0.25, 0.3) is 0 Å². The van der Waals surface area contributed by atoms with Gasteiger partial charge in [-0.2, -0.15) is 0 Å². The maximum Gasteiger partial charge on any atom is 0.411 e. The first-order chi connectivity index (χ1) is 15.0. The molecule has 1 fully saturated rings. The molecule has 2 bridgehead atoms. The molecule has 2 aromatic rings. The highest BCUT2D eigenvalue weighted by molar-refractivity contribution is 5.84. The van der Waals surface area contributed by atoms with E-state index in [0.717, 1.165) is 18.5 Å². The Morgan fingerprint density at radius 3 is 2.48 bits per heavy atom. The largest absolute Gasteiger partial charge is 0.449 e. The van der Waals surface area contributed by atoms with Gasteiger partial charge in [-0.25, -0.2) is 4.79 Å². The van der Waals surface area contributed by atoms with Crippen LogP contribution in [-0.4, -0.2) is 25.4 Å². The smallest absolute Gasteiger partial charge is 0.411 e. The summed E-state index contributed by atoms with van der Waals surface area (Å²) in [5, 5.41) is 2.82. The number of ether oxygens (including phenoxy) is 2. The molecule has 1 N–H and O–H groups in total. The molecule has 2 aliphatic rings. The minimum atomic E-state index is -0.408. The number of aryl methyl sites for hydroxylation is 1. The Morgan fingerprint density at radius 2 is 1.77 bits per heavy atom. The van der Waals surface area contributed by atoms with Crippen molar-refractivity contribution in [3.05, 3.63) is 77.9 Å². The highest BCUT2D eigenvalue weighted by Gasteiger charge is 2.54. The van der Waals surface area contributed by atoms with Crippen molar-refractivity contribution in [1.29, 1.82) is 0 Å². The molecule has 0 spiro atoms. The quantitative estimate of drug-likeness (QED) is 0.575. The number of rotatable bonds is 6. The predicted molar refractivity (Wildman–Crippen MR) is 124 cm³/mol. The molecule has 31 heavy (non-hydrogen) atoms. The second kappa shape index (κ2) is 9.27. The van der Waals surface area contributed by atoms with Crippen LogP contribution in [0.1, 0.15) is 32.8 Å². The number of benzene rings is 2. The maximum absolute atomic E-state index is 12.4. The fourth-order valence-electron chi connectivity index (χ4n) is 5.48. The van der Waals surface area contributed by atoms with E-state index in [1.54, 1.807) is 0 Å². The van der Waals surface area contributed by atoms with Gasteiger partial charge in [0.1, 0.15) is 6.61 Å². The fourth-order valence-corrected chi connectivity index (χ4v) is 5.48. The van der Waals surface area contributed by atoms with E-state index >= 15 is 0 Å². The van der Waals surface area contributed by atoms with Crippen molar-refractivity contribution in [2.45, 2.75) is 39.7 Å². The van der Waals surface area contributed by atoms with E-state index < -0.39 is 6.09 Å². The van der Waals surface area contributed by atoms with Gasteiger partial charge in [0, 0.05) is 17.0 Å². The number of carbonyl (C=O) groups excluding carboxylic acids is 1. The standard InChI is InChI=1S/C27H33NO3/c1-19-16-20(2)27(18-31-26(29)28-23-12-8-5-9-13-23)17-30-24(25(19)21(27)3)15-14-22-10-6-4-7-11-22/h4-13,16,20-21,24-25H,14-15,17-18H2,1-3H3,(H,28,29)/t20-,21+,24-,25-,27+/m0/s1. The van der Waals surface area contributed by atoms with E-state index in [4.69, 9.17) is 9.47 Å². The summed E-state index contributed by atoms with van der Waals surface area (Å²) < 4.78 is 12.2. The summed E-state index contributed by atoms with van der Waals surface area (Å²) in [5.41, 5.74) is 3.30. The number of para-hydroxylation sites is 1. The van der Waals surface area contributed by atoms with Crippen LogP contribution in [0.3, 0.4) is 0 Å². The third kappa shape index (κ3) is 4.54. The Kier molecular flexibility index (Phi) is 6.47. The monoisotopic (exact) mass is 419 g/mol. The zero-order valence-corrected chi connectivity index (χ0v) is 18.7. The number of allylic oxidation sites excluding steroid dienone is 1. The molecule has 0 aromatic heterocycles. The van der Waals surface area contributed by atoms with E-state index in [0.29, 0.717) is 31.0 Å². The van der Waals surface area contributed by atoms with E-state index in [-0.39, 0.29) is 11.5 Å². The van der Waals surface area contributed by atoms with Crippen LogP contribution in [0, 0.1) is 23.2 Å². The Hall–Kier alpha value is -2.59. The Bertz CT molecular complexity index is 911.